The minimum Gasteiger partial charge on any atom is -0.493 e. The van der Waals surface area contributed by atoms with Crippen molar-refractivity contribution < 1.29 is 14.1 Å². The number of carbonyl (C=O) groups is 1. The average molecular weight is 351 g/mol. The molecule has 0 bridgehead atoms. The lowest BCUT2D eigenvalue weighted by molar-refractivity contribution is -0.125. The molecule has 1 aliphatic heterocycles. The molecule has 1 N–H and O–H groups in total. The van der Waals surface area contributed by atoms with E-state index in [9.17, 15) is 4.79 Å². The van der Waals surface area contributed by atoms with E-state index in [0.717, 1.165) is 11.3 Å². The van der Waals surface area contributed by atoms with E-state index in [1.54, 1.807) is 18.5 Å². The highest BCUT2D eigenvalue weighted by molar-refractivity contribution is 5.79. The van der Waals surface area contributed by atoms with Gasteiger partial charge in [0.15, 0.2) is 0 Å². The van der Waals surface area contributed by atoms with Crippen molar-refractivity contribution in [1.82, 2.24) is 25.4 Å². The van der Waals surface area contributed by atoms with Crippen molar-refractivity contribution in [2.24, 2.45) is 5.92 Å². The second-order valence-electron chi connectivity index (χ2n) is 5.95. The van der Waals surface area contributed by atoms with Gasteiger partial charge in [-0.1, -0.05) is 23.4 Å². The molecular weight excluding hydrogens is 334 g/mol. The number of nitrogens with zero attached hydrogens (tertiary/aromatic N) is 4. The molecule has 2 aromatic heterocycles. The minimum absolute atomic E-state index is 0.0546. The predicted molar refractivity (Wildman–Crippen MR) is 90.9 cm³/mol. The molecule has 1 atom stereocenters. The van der Waals surface area contributed by atoms with Crippen LogP contribution in [0.4, 0.5) is 0 Å². The van der Waals surface area contributed by atoms with E-state index in [-0.39, 0.29) is 18.4 Å². The van der Waals surface area contributed by atoms with Crippen molar-refractivity contribution in [3.05, 3.63) is 54.2 Å². The number of para-hydroxylation sites is 1. The van der Waals surface area contributed by atoms with Gasteiger partial charge in [0.05, 0.1) is 13.2 Å². The maximum Gasteiger partial charge on any atom is 0.246 e. The Balaban J connectivity index is 1.38. The van der Waals surface area contributed by atoms with Crippen molar-refractivity contribution >= 4 is 5.91 Å². The van der Waals surface area contributed by atoms with Crippen molar-refractivity contribution in [1.29, 1.82) is 0 Å². The van der Waals surface area contributed by atoms with Crippen molar-refractivity contribution in [3.8, 4) is 17.4 Å². The Morgan fingerprint density at radius 3 is 2.88 bits per heavy atom. The van der Waals surface area contributed by atoms with Gasteiger partial charge in [-0.05, 0) is 30.5 Å². The van der Waals surface area contributed by atoms with Crippen LogP contribution in [-0.2, 0) is 17.8 Å². The second kappa shape index (κ2) is 7.30. The van der Waals surface area contributed by atoms with Crippen LogP contribution in [0.5, 0.6) is 5.75 Å². The Kier molecular flexibility index (Phi) is 4.55. The first-order valence-corrected chi connectivity index (χ1v) is 8.38. The monoisotopic (exact) mass is 351 g/mol. The maximum absolute atomic E-state index is 12.5. The summed E-state index contributed by atoms with van der Waals surface area (Å²) in [6, 6.07) is 9.52. The minimum atomic E-state index is -0.154. The zero-order valence-electron chi connectivity index (χ0n) is 14.0. The highest BCUT2D eigenvalue weighted by Crippen LogP contribution is 2.26. The first-order valence-electron chi connectivity index (χ1n) is 8.38. The molecule has 1 aromatic carbocycles. The third kappa shape index (κ3) is 3.53. The number of nitrogens with one attached hydrogen (secondary N) is 1. The third-order valence-corrected chi connectivity index (χ3v) is 4.18. The smallest absolute Gasteiger partial charge is 0.246 e. The maximum atomic E-state index is 12.5. The van der Waals surface area contributed by atoms with Crippen molar-refractivity contribution in [2.75, 3.05) is 6.61 Å². The third-order valence-electron chi connectivity index (χ3n) is 4.18. The number of hydrogen-bond donors (Lipinski definition) is 1. The number of rotatable bonds is 4. The quantitative estimate of drug-likeness (QED) is 0.764. The standard InChI is InChI=1S/C18H17N5O3/c24-18(13-6-9-25-14-5-2-1-4-12(14)10-13)21-11-15-22-17(23-26-15)16-19-7-3-8-20-16/h1-5,7-8,13H,6,9-11H2,(H,21,24)/t13-/m1/s1. The van der Waals surface area contributed by atoms with Gasteiger partial charge in [-0.3, -0.25) is 4.79 Å². The van der Waals surface area contributed by atoms with E-state index < -0.39 is 0 Å². The molecule has 0 spiro atoms. The van der Waals surface area contributed by atoms with Gasteiger partial charge in [0.25, 0.3) is 0 Å². The summed E-state index contributed by atoms with van der Waals surface area (Å²) in [7, 11) is 0. The topological polar surface area (TPSA) is 103 Å². The molecule has 0 saturated heterocycles. The lowest BCUT2D eigenvalue weighted by Gasteiger charge is -2.12. The lowest BCUT2D eigenvalue weighted by atomic mass is 9.96. The Labute approximate surface area is 149 Å². The van der Waals surface area contributed by atoms with Gasteiger partial charge in [-0.25, -0.2) is 9.97 Å². The molecule has 26 heavy (non-hydrogen) atoms. The molecule has 4 rings (SSSR count). The highest BCUT2D eigenvalue weighted by atomic mass is 16.5. The summed E-state index contributed by atoms with van der Waals surface area (Å²) in [4.78, 5) is 24.9. The zero-order valence-corrected chi connectivity index (χ0v) is 14.0. The molecule has 3 heterocycles. The van der Waals surface area contributed by atoms with Crippen LogP contribution in [0.3, 0.4) is 0 Å². The SMILES string of the molecule is O=C(NCc1nc(-c2ncccn2)no1)[C@@H]1CCOc2ccccc2C1. The number of carbonyl (C=O) groups excluding carboxylic acids is 1. The number of hydrogen-bond acceptors (Lipinski definition) is 7. The van der Waals surface area contributed by atoms with Gasteiger partial charge < -0.3 is 14.6 Å². The summed E-state index contributed by atoms with van der Waals surface area (Å²) in [6.07, 6.45) is 4.51. The fourth-order valence-electron chi connectivity index (χ4n) is 2.85. The number of benzene rings is 1. The summed E-state index contributed by atoms with van der Waals surface area (Å²) in [6.45, 7) is 0.683. The van der Waals surface area contributed by atoms with Gasteiger partial charge in [-0.2, -0.15) is 4.98 Å². The van der Waals surface area contributed by atoms with Crippen LogP contribution in [0.1, 0.15) is 17.9 Å². The van der Waals surface area contributed by atoms with Gasteiger partial charge in [0.1, 0.15) is 5.75 Å². The second-order valence-corrected chi connectivity index (χ2v) is 5.95. The molecule has 0 radical (unpaired) electrons. The first-order chi connectivity index (χ1) is 12.8. The number of amides is 1. The number of aromatic nitrogens is 4. The van der Waals surface area contributed by atoms with Crippen LogP contribution in [0.25, 0.3) is 11.6 Å². The van der Waals surface area contributed by atoms with Crippen LogP contribution in [-0.4, -0.2) is 32.6 Å². The normalized spacial score (nSPS) is 16.2. The molecule has 0 fully saturated rings. The van der Waals surface area contributed by atoms with E-state index in [4.69, 9.17) is 9.26 Å². The lowest BCUT2D eigenvalue weighted by Crippen LogP contribution is -2.31. The Morgan fingerprint density at radius 1 is 1.15 bits per heavy atom. The van der Waals surface area contributed by atoms with Crippen LogP contribution in [0.2, 0.25) is 0 Å². The van der Waals surface area contributed by atoms with Crippen LogP contribution in [0, 0.1) is 5.92 Å². The molecular formula is C18H17N5O3. The molecule has 0 unspecified atom stereocenters. The van der Waals surface area contributed by atoms with Crippen LogP contribution >= 0.6 is 0 Å². The molecule has 1 aliphatic rings. The highest BCUT2D eigenvalue weighted by Gasteiger charge is 2.24. The molecule has 132 valence electrons. The fraction of sp³-hybridized carbons (Fsp3) is 0.278. The first kappa shape index (κ1) is 16.2. The van der Waals surface area contributed by atoms with E-state index in [1.165, 1.54) is 0 Å². The summed E-state index contributed by atoms with van der Waals surface area (Å²) in [5.74, 6) is 1.63. The summed E-state index contributed by atoms with van der Waals surface area (Å²) < 4.78 is 10.9. The zero-order chi connectivity index (χ0) is 17.8. The van der Waals surface area contributed by atoms with Gasteiger partial charge >= 0.3 is 0 Å². The summed E-state index contributed by atoms with van der Waals surface area (Å²) >= 11 is 0. The predicted octanol–water partition coefficient (Wildman–Crippen LogP) is 1.78. The van der Waals surface area contributed by atoms with Gasteiger partial charge in [0.2, 0.25) is 23.4 Å². The molecule has 8 nitrogen and oxygen atoms in total. The summed E-state index contributed by atoms with van der Waals surface area (Å²) in [5.41, 5.74) is 1.05. The van der Waals surface area contributed by atoms with Crippen molar-refractivity contribution in [3.63, 3.8) is 0 Å². The Bertz CT molecular complexity index is 897. The molecule has 3 aromatic rings. The number of fused-ring (bicyclic) bond motifs is 1. The van der Waals surface area contributed by atoms with Crippen LogP contribution in [0.15, 0.2) is 47.2 Å². The van der Waals surface area contributed by atoms with Crippen LogP contribution < -0.4 is 10.1 Å². The molecule has 0 aliphatic carbocycles. The summed E-state index contributed by atoms with van der Waals surface area (Å²) in [5, 5.41) is 6.70. The average Bonchev–Trinajstić information content (AvgIpc) is 3.05. The van der Waals surface area contributed by atoms with E-state index in [1.807, 2.05) is 24.3 Å². The largest absolute Gasteiger partial charge is 0.493 e. The van der Waals surface area contributed by atoms with E-state index in [2.05, 4.69) is 25.4 Å². The molecule has 0 saturated carbocycles. The molecule has 1 amide bonds. The number of ether oxygens (including phenoxy) is 1. The molecule has 8 heteroatoms. The Hall–Kier alpha value is -3.29. The Morgan fingerprint density at radius 2 is 2.00 bits per heavy atom. The van der Waals surface area contributed by atoms with Crippen molar-refractivity contribution in [2.45, 2.75) is 19.4 Å². The van der Waals surface area contributed by atoms with E-state index in [0.29, 0.717) is 37.0 Å². The fourth-order valence-corrected chi connectivity index (χ4v) is 2.85. The van der Waals surface area contributed by atoms with E-state index >= 15 is 0 Å². The van der Waals surface area contributed by atoms with Gasteiger partial charge in [0, 0.05) is 18.3 Å². The van der Waals surface area contributed by atoms with Gasteiger partial charge in [-0.15, -0.1) is 0 Å².